The van der Waals surface area contributed by atoms with Gasteiger partial charge in [-0.2, -0.15) is 0 Å². The molecule has 5 atom stereocenters. The number of carbonyl (C=O) groups is 4. The second-order valence-electron chi connectivity index (χ2n) is 28.2. The van der Waals surface area contributed by atoms with Crippen molar-refractivity contribution in [2.45, 2.75) is 382 Å². The lowest BCUT2D eigenvalue weighted by Gasteiger charge is -2.21. The van der Waals surface area contributed by atoms with Crippen molar-refractivity contribution in [2.24, 2.45) is 23.7 Å². The molecule has 0 heterocycles. The summed E-state index contributed by atoms with van der Waals surface area (Å²) in [6.45, 7) is 14.1. The third kappa shape index (κ3) is 66.7. The fraction of sp³-hybridized carbons (Fsp3) is 0.945. The maximum absolute atomic E-state index is 13.1. The molecule has 0 fully saturated rings. The van der Waals surface area contributed by atoms with E-state index in [-0.39, 0.29) is 25.7 Å². The van der Waals surface area contributed by atoms with Gasteiger partial charge in [-0.15, -0.1) is 0 Å². The first-order valence-corrected chi connectivity index (χ1v) is 40.7. The zero-order valence-electron chi connectivity index (χ0n) is 60.2. The van der Waals surface area contributed by atoms with Gasteiger partial charge in [-0.3, -0.25) is 37.3 Å². The number of unbranched alkanes of at least 4 members (excludes halogenated alkanes) is 36. The van der Waals surface area contributed by atoms with Crippen LogP contribution in [0.1, 0.15) is 364 Å². The molecule has 0 aromatic carbocycles. The van der Waals surface area contributed by atoms with Gasteiger partial charge in [0.2, 0.25) is 0 Å². The molecule has 3 N–H and O–H groups in total. The van der Waals surface area contributed by atoms with Crippen LogP contribution in [0.15, 0.2) is 0 Å². The summed E-state index contributed by atoms with van der Waals surface area (Å²) < 4.78 is 68.4. The maximum atomic E-state index is 13.1. The highest BCUT2D eigenvalue weighted by Crippen LogP contribution is 2.45. The van der Waals surface area contributed by atoms with E-state index in [2.05, 4.69) is 55.4 Å². The second-order valence-corrected chi connectivity index (χ2v) is 31.1. The minimum Gasteiger partial charge on any atom is -0.462 e. The molecule has 92 heavy (non-hydrogen) atoms. The van der Waals surface area contributed by atoms with Crippen LogP contribution in [0.2, 0.25) is 0 Å². The Morgan fingerprint density at radius 2 is 0.457 bits per heavy atom. The van der Waals surface area contributed by atoms with Gasteiger partial charge in [-0.05, 0) is 49.4 Å². The molecule has 0 saturated heterocycles. The highest BCUT2D eigenvalue weighted by atomic mass is 31.2. The normalized spacial score (nSPS) is 14.2. The number of hydrogen-bond acceptors (Lipinski definition) is 15. The highest BCUT2D eigenvalue weighted by molar-refractivity contribution is 7.47. The van der Waals surface area contributed by atoms with E-state index in [0.717, 1.165) is 114 Å². The lowest BCUT2D eigenvalue weighted by molar-refractivity contribution is -0.161. The summed E-state index contributed by atoms with van der Waals surface area (Å²) in [6, 6.07) is 0. The number of ether oxygens (including phenoxy) is 4. The standard InChI is InChI=1S/C73H142O17P2/c1-63(2)49-41-33-25-17-11-9-13-21-29-37-45-53-70(75)83-59-68(89-72(77)55-47-39-31-22-14-10-12-18-26-34-42-50-64(3)4)61-87-91(79,80)85-57-67(74)58-86-92(81,82)88-62-69(90-73(78)56-48-40-32-24-16-20-28-36-44-52-66(7)8)60-84-71(76)54-46-38-30-23-15-19-27-35-43-51-65(5)6/h63-69,74H,9-62H2,1-8H3,(H,79,80)(H,81,82)/t67-,68-,69-/m1/s1. The SMILES string of the molecule is CC(C)CCCCCCCCCCCCCC(=O)OC[C@H](COP(=O)(O)OC[C@@H](O)COP(=O)(O)OC[C@@H](COC(=O)CCCCCCCCCCCC(C)C)OC(=O)CCCCCCCCCCCC(C)C)OC(=O)CCCCCCCCCCCCCC(C)C. The third-order valence-corrected chi connectivity index (χ3v) is 18.7. The predicted octanol–water partition coefficient (Wildman–Crippen LogP) is 20.9. The zero-order chi connectivity index (χ0) is 68.2. The summed E-state index contributed by atoms with van der Waals surface area (Å²) in [4.78, 5) is 72.7. The molecule has 19 heteroatoms. The molecular formula is C73H142O17P2. The smallest absolute Gasteiger partial charge is 0.462 e. The van der Waals surface area contributed by atoms with Crippen molar-refractivity contribution < 1.29 is 80.2 Å². The number of aliphatic hydroxyl groups is 1. The minimum absolute atomic E-state index is 0.104. The van der Waals surface area contributed by atoms with Crippen LogP contribution in [-0.2, 0) is 65.4 Å². The first-order valence-electron chi connectivity index (χ1n) is 37.7. The molecule has 2 unspecified atom stereocenters. The Bertz CT molecular complexity index is 1820. The Hall–Kier alpha value is -1.94. The van der Waals surface area contributed by atoms with Gasteiger partial charge < -0.3 is 33.8 Å². The van der Waals surface area contributed by atoms with Crippen LogP contribution in [0, 0.1) is 23.7 Å². The van der Waals surface area contributed by atoms with Gasteiger partial charge in [0, 0.05) is 25.7 Å². The van der Waals surface area contributed by atoms with E-state index in [9.17, 15) is 43.2 Å². The Balaban J connectivity index is 5.27. The first kappa shape index (κ1) is 90.1. The summed E-state index contributed by atoms with van der Waals surface area (Å²) in [5.41, 5.74) is 0. The molecule has 0 aromatic heterocycles. The van der Waals surface area contributed by atoms with Crippen molar-refractivity contribution in [1.29, 1.82) is 0 Å². The molecule has 0 aliphatic carbocycles. The van der Waals surface area contributed by atoms with Crippen LogP contribution < -0.4 is 0 Å². The number of esters is 4. The summed E-state index contributed by atoms with van der Waals surface area (Å²) in [6.07, 6.45) is 45.8. The van der Waals surface area contributed by atoms with Crippen molar-refractivity contribution in [2.75, 3.05) is 39.6 Å². The number of aliphatic hydroxyl groups excluding tert-OH is 1. The largest absolute Gasteiger partial charge is 0.472 e. The van der Waals surface area contributed by atoms with Crippen molar-refractivity contribution in [3.8, 4) is 0 Å². The molecule has 0 radical (unpaired) electrons. The zero-order valence-corrected chi connectivity index (χ0v) is 62.0. The molecule has 0 amide bonds. The summed E-state index contributed by atoms with van der Waals surface area (Å²) >= 11 is 0. The fourth-order valence-corrected chi connectivity index (χ4v) is 12.6. The van der Waals surface area contributed by atoms with Crippen LogP contribution in [0.5, 0.6) is 0 Å². The summed E-state index contributed by atoms with van der Waals surface area (Å²) in [5, 5.41) is 10.6. The molecule has 0 bridgehead atoms. The average molecular weight is 1350 g/mol. The van der Waals surface area contributed by atoms with E-state index in [1.807, 2.05) is 0 Å². The third-order valence-electron chi connectivity index (χ3n) is 16.8. The molecule has 0 aromatic rings. The van der Waals surface area contributed by atoms with Crippen LogP contribution in [-0.4, -0.2) is 96.7 Å². The van der Waals surface area contributed by atoms with Crippen LogP contribution >= 0.6 is 15.6 Å². The number of rotatable bonds is 70. The van der Waals surface area contributed by atoms with Gasteiger partial charge in [-0.1, -0.05) is 312 Å². The quantitative estimate of drug-likeness (QED) is 0.0222. The van der Waals surface area contributed by atoms with Gasteiger partial charge in [0.15, 0.2) is 12.2 Å². The number of hydrogen-bond donors (Lipinski definition) is 3. The fourth-order valence-electron chi connectivity index (χ4n) is 11.0. The van der Waals surface area contributed by atoms with Gasteiger partial charge in [0.05, 0.1) is 26.4 Å². The van der Waals surface area contributed by atoms with E-state index < -0.39 is 97.5 Å². The van der Waals surface area contributed by atoms with Crippen molar-refractivity contribution in [1.82, 2.24) is 0 Å². The summed E-state index contributed by atoms with van der Waals surface area (Å²) in [7, 11) is -9.91. The molecule has 0 aliphatic rings. The van der Waals surface area contributed by atoms with Crippen molar-refractivity contribution >= 4 is 39.5 Å². The topological polar surface area (TPSA) is 237 Å². The van der Waals surface area contributed by atoms with E-state index in [4.69, 9.17) is 37.0 Å². The van der Waals surface area contributed by atoms with E-state index in [1.165, 1.54) is 167 Å². The van der Waals surface area contributed by atoms with Crippen molar-refractivity contribution in [3.05, 3.63) is 0 Å². The lowest BCUT2D eigenvalue weighted by Crippen LogP contribution is -2.30. The lowest BCUT2D eigenvalue weighted by atomic mass is 10.0. The minimum atomic E-state index is -4.96. The van der Waals surface area contributed by atoms with E-state index in [1.54, 1.807) is 0 Å². The van der Waals surface area contributed by atoms with Gasteiger partial charge in [0.25, 0.3) is 0 Å². The monoisotopic (exact) mass is 1350 g/mol. The molecule has 0 spiro atoms. The molecule has 0 aliphatic heterocycles. The Kier molecular flexibility index (Phi) is 61.3. The Morgan fingerprint density at radius 3 is 0.674 bits per heavy atom. The van der Waals surface area contributed by atoms with Gasteiger partial charge in [-0.25, -0.2) is 9.13 Å². The van der Waals surface area contributed by atoms with Crippen molar-refractivity contribution in [3.63, 3.8) is 0 Å². The van der Waals surface area contributed by atoms with E-state index in [0.29, 0.717) is 25.7 Å². The maximum Gasteiger partial charge on any atom is 0.472 e. The molecule has 0 rings (SSSR count). The molecule has 0 saturated carbocycles. The van der Waals surface area contributed by atoms with Crippen LogP contribution in [0.25, 0.3) is 0 Å². The van der Waals surface area contributed by atoms with E-state index >= 15 is 0 Å². The van der Waals surface area contributed by atoms with Gasteiger partial charge >= 0.3 is 39.5 Å². The molecule has 17 nitrogen and oxygen atoms in total. The second kappa shape index (κ2) is 62.6. The Labute approximate surface area is 562 Å². The van der Waals surface area contributed by atoms with Gasteiger partial charge in [0.1, 0.15) is 19.3 Å². The Morgan fingerprint density at radius 1 is 0.272 bits per heavy atom. The van der Waals surface area contributed by atoms with Crippen LogP contribution in [0.4, 0.5) is 0 Å². The number of phosphoric acid groups is 2. The van der Waals surface area contributed by atoms with Crippen LogP contribution in [0.3, 0.4) is 0 Å². The summed E-state index contributed by atoms with van der Waals surface area (Å²) in [5.74, 6) is 0.892. The molecular weight excluding hydrogens is 1210 g/mol. The number of carbonyl (C=O) groups excluding carboxylic acids is 4. The first-order chi connectivity index (χ1) is 44.1. The molecule has 546 valence electrons. The predicted molar refractivity (Wildman–Crippen MR) is 372 cm³/mol. The average Bonchev–Trinajstić information content (AvgIpc) is 2.29. The highest BCUT2D eigenvalue weighted by Gasteiger charge is 2.30. The number of phosphoric ester groups is 2.